The van der Waals surface area contributed by atoms with Gasteiger partial charge in [0.2, 0.25) is 5.91 Å². The van der Waals surface area contributed by atoms with E-state index in [1.54, 1.807) is 20.2 Å². The molecule has 8 heteroatoms. The highest BCUT2D eigenvalue weighted by Gasteiger charge is 2.17. The molecule has 3 unspecified atom stereocenters. The molecule has 32 heavy (non-hydrogen) atoms. The van der Waals surface area contributed by atoms with E-state index < -0.39 is 12.2 Å². The first kappa shape index (κ1) is 23.4. The van der Waals surface area contributed by atoms with Crippen LogP contribution in [0.1, 0.15) is 31.4 Å². The van der Waals surface area contributed by atoms with E-state index in [9.17, 15) is 15.0 Å². The number of amides is 1. The number of rotatable bonds is 10. The average molecular weight is 439 g/mol. The first-order valence-electron chi connectivity index (χ1n) is 10.6. The number of aliphatic hydroxyl groups is 2. The van der Waals surface area contributed by atoms with Gasteiger partial charge in [-0.05, 0) is 30.7 Å². The topological polar surface area (TPSA) is 108 Å². The zero-order valence-corrected chi connectivity index (χ0v) is 18.6. The summed E-state index contributed by atoms with van der Waals surface area (Å²) < 4.78 is 5.73. The summed E-state index contributed by atoms with van der Waals surface area (Å²) in [4.78, 5) is 21.8. The summed E-state index contributed by atoms with van der Waals surface area (Å²) in [6, 6.07) is 15.6. The van der Waals surface area contributed by atoms with Gasteiger partial charge < -0.3 is 25.2 Å². The van der Waals surface area contributed by atoms with Crippen molar-refractivity contribution in [2.75, 3.05) is 26.0 Å². The van der Waals surface area contributed by atoms with E-state index in [-0.39, 0.29) is 31.4 Å². The van der Waals surface area contributed by atoms with Crippen molar-refractivity contribution in [3.05, 3.63) is 60.4 Å². The molecule has 0 fully saturated rings. The number of aliphatic hydroxyl groups excluding tert-OH is 2. The number of carbonyl (C=O) groups is 1. The van der Waals surface area contributed by atoms with E-state index in [1.807, 2.05) is 30.3 Å². The van der Waals surface area contributed by atoms with Gasteiger partial charge in [0.15, 0.2) is 0 Å². The second-order valence-electron chi connectivity index (χ2n) is 8.02. The lowest BCUT2D eigenvalue weighted by molar-refractivity contribution is -0.131. The molecule has 3 rings (SSSR count). The Morgan fingerprint density at radius 2 is 1.84 bits per heavy atom. The number of nitrogens with one attached hydrogen (secondary N) is 1. The summed E-state index contributed by atoms with van der Waals surface area (Å²) in [5, 5.41) is 24.4. The predicted octanol–water partition coefficient (Wildman–Crippen LogP) is 2.77. The van der Waals surface area contributed by atoms with Crippen molar-refractivity contribution in [1.29, 1.82) is 0 Å². The van der Waals surface area contributed by atoms with Crippen molar-refractivity contribution in [3.63, 3.8) is 0 Å². The van der Waals surface area contributed by atoms with Crippen LogP contribution in [0.3, 0.4) is 0 Å². The largest absolute Gasteiger partial charge is 0.491 e. The van der Waals surface area contributed by atoms with E-state index in [0.717, 1.165) is 16.5 Å². The fourth-order valence-corrected chi connectivity index (χ4v) is 3.31. The van der Waals surface area contributed by atoms with Crippen LogP contribution < -0.4 is 10.1 Å². The summed E-state index contributed by atoms with van der Waals surface area (Å²) in [6.45, 7) is 2.06. The fraction of sp³-hybridized carbons (Fsp3) is 0.375. The highest BCUT2D eigenvalue weighted by molar-refractivity contribution is 5.90. The van der Waals surface area contributed by atoms with Crippen LogP contribution in [0.4, 0.5) is 5.82 Å². The lowest BCUT2D eigenvalue weighted by atomic mass is 10.1. The molecule has 0 spiro atoms. The van der Waals surface area contributed by atoms with Crippen LogP contribution in [-0.4, -0.2) is 63.9 Å². The van der Waals surface area contributed by atoms with Crippen molar-refractivity contribution >= 4 is 22.6 Å². The molecule has 0 saturated carbocycles. The molecule has 3 aromatic rings. The van der Waals surface area contributed by atoms with Gasteiger partial charge in [0.25, 0.3) is 0 Å². The fourth-order valence-electron chi connectivity index (χ4n) is 3.31. The van der Waals surface area contributed by atoms with Gasteiger partial charge in [-0.15, -0.1) is 0 Å². The van der Waals surface area contributed by atoms with E-state index in [0.29, 0.717) is 11.6 Å². The maximum Gasteiger partial charge on any atom is 0.224 e. The maximum absolute atomic E-state index is 11.7. The minimum atomic E-state index is -0.927. The smallest absolute Gasteiger partial charge is 0.224 e. The lowest BCUT2D eigenvalue weighted by Crippen LogP contribution is -2.30. The molecule has 0 saturated heterocycles. The van der Waals surface area contributed by atoms with E-state index >= 15 is 0 Å². The first-order valence-corrected chi connectivity index (χ1v) is 10.6. The number of anilines is 1. The Bertz CT molecular complexity index is 1030. The molecule has 1 heterocycles. The molecule has 1 aromatic heterocycles. The Balaban J connectivity index is 1.64. The van der Waals surface area contributed by atoms with Gasteiger partial charge in [0, 0.05) is 31.9 Å². The molecular weight excluding hydrogens is 408 g/mol. The normalized spacial score (nSPS) is 13.9. The third-order valence-corrected chi connectivity index (χ3v) is 5.16. The number of fused-ring (bicyclic) bond motifs is 1. The SMILES string of the molecule is CC(Nc1ncnc2ccc(OCC(O)CC(O)CC(=O)N(C)C)cc12)c1ccccc1. The number of nitrogens with zero attached hydrogens (tertiary/aromatic N) is 3. The lowest BCUT2D eigenvalue weighted by Gasteiger charge is -2.18. The highest BCUT2D eigenvalue weighted by atomic mass is 16.5. The zero-order chi connectivity index (χ0) is 23.1. The summed E-state index contributed by atoms with van der Waals surface area (Å²) in [5.41, 5.74) is 1.91. The number of carbonyl (C=O) groups excluding carboxylic acids is 1. The second kappa shape index (κ2) is 10.9. The second-order valence-corrected chi connectivity index (χ2v) is 8.02. The van der Waals surface area contributed by atoms with Crippen LogP contribution in [0, 0.1) is 0 Å². The molecule has 3 atom stereocenters. The van der Waals surface area contributed by atoms with E-state index in [4.69, 9.17) is 4.74 Å². The van der Waals surface area contributed by atoms with Crippen molar-refractivity contribution in [1.82, 2.24) is 14.9 Å². The summed E-state index contributed by atoms with van der Waals surface area (Å²) in [5.74, 6) is 1.06. The molecular formula is C24H30N4O4. The Morgan fingerprint density at radius 1 is 1.09 bits per heavy atom. The maximum atomic E-state index is 11.7. The van der Waals surface area contributed by atoms with Gasteiger partial charge in [-0.2, -0.15) is 0 Å². The molecule has 0 bridgehead atoms. The van der Waals surface area contributed by atoms with Gasteiger partial charge >= 0.3 is 0 Å². The van der Waals surface area contributed by atoms with Gasteiger partial charge in [-0.25, -0.2) is 9.97 Å². The summed E-state index contributed by atoms with van der Waals surface area (Å²) in [7, 11) is 3.25. The number of hydrogen-bond donors (Lipinski definition) is 3. The van der Waals surface area contributed by atoms with Crippen molar-refractivity contribution in [2.24, 2.45) is 0 Å². The van der Waals surface area contributed by atoms with Gasteiger partial charge in [0.05, 0.1) is 24.1 Å². The third kappa shape index (κ3) is 6.38. The average Bonchev–Trinajstić information content (AvgIpc) is 2.78. The highest BCUT2D eigenvalue weighted by Crippen LogP contribution is 2.27. The van der Waals surface area contributed by atoms with Crippen LogP contribution in [0.15, 0.2) is 54.9 Å². The molecule has 0 radical (unpaired) electrons. The predicted molar refractivity (Wildman–Crippen MR) is 123 cm³/mol. The molecule has 2 aromatic carbocycles. The molecule has 1 amide bonds. The van der Waals surface area contributed by atoms with E-state index in [1.165, 1.54) is 11.2 Å². The van der Waals surface area contributed by atoms with Gasteiger partial charge in [-0.1, -0.05) is 30.3 Å². The van der Waals surface area contributed by atoms with Crippen LogP contribution in [-0.2, 0) is 4.79 Å². The molecule has 8 nitrogen and oxygen atoms in total. The van der Waals surface area contributed by atoms with Crippen molar-refractivity contribution in [2.45, 2.75) is 38.0 Å². The van der Waals surface area contributed by atoms with Gasteiger partial charge in [0.1, 0.15) is 24.5 Å². The summed E-state index contributed by atoms with van der Waals surface area (Å²) in [6.07, 6.45) is -0.297. The Labute approximate surface area is 187 Å². The minimum Gasteiger partial charge on any atom is -0.491 e. The number of benzene rings is 2. The number of aromatic nitrogens is 2. The third-order valence-electron chi connectivity index (χ3n) is 5.16. The van der Waals surface area contributed by atoms with Crippen LogP contribution in [0.5, 0.6) is 5.75 Å². The van der Waals surface area contributed by atoms with E-state index in [2.05, 4.69) is 34.3 Å². The van der Waals surface area contributed by atoms with Gasteiger partial charge in [-0.3, -0.25) is 4.79 Å². The van der Waals surface area contributed by atoms with Crippen molar-refractivity contribution < 1.29 is 19.7 Å². The van der Waals surface area contributed by atoms with Crippen LogP contribution in [0.2, 0.25) is 0 Å². The summed E-state index contributed by atoms with van der Waals surface area (Å²) >= 11 is 0. The van der Waals surface area contributed by atoms with Crippen LogP contribution in [0.25, 0.3) is 10.9 Å². The monoisotopic (exact) mass is 438 g/mol. The first-order chi connectivity index (χ1) is 15.3. The quantitative estimate of drug-likeness (QED) is 0.447. The van der Waals surface area contributed by atoms with Crippen molar-refractivity contribution in [3.8, 4) is 5.75 Å². The number of ether oxygens (including phenoxy) is 1. The standard InChI is InChI=1S/C24H30N4O4/c1-16(17-7-5-4-6-8-17)27-24-21-13-20(9-10-22(21)25-15-26-24)32-14-19(30)11-18(29)12-23(31)28(2)3/h4-10,13,15-16,18-19,29-30H,11-12,14H2,1-3H3,(H,25,26,27). The van der Waals surface area contributed by atoms with Crippen LogP contribution >= 0.6 is 0 Å². The Hall–Kier alpha value is -3.23. The molecule has 3 N–H and O–H groups in total. The zero-order valence-electron chi connectivity index (χ0n) is 18.6. The molecule has 0 aliphatic heterocycles. The molecule has 0 aliphatic carbocycles. The number of hydrogen-bond acceptors (Lipinski definition) is 7. The minimum absolute atomic E-state index is 0.00437. The molecule has 170 valence electrons. The Kier molecular flexibility index (Phi) is 7.97. The molecule has 0 aliphatic rings. The Morgan fingerprint density at radius 3 is 2.56 bits per heavy atom.